The lowest BCUT2D eigenvalue weighted by Gasteiger charge is -2.15. The van der Waals surface area contributed by atoms with E-state index >= 15 is 0 Å². The fraction of sp³-hybridized carbons (Fsp3) is 1.00. The summed E-state index contributed by atoms with van der Waals surface area (Å²) in [6, 6.07) is 0. The van der Waals surface area contributed by atoms with E-state index in [0.717, 1.165) is 12.8 Å². The Morgan fingerprint density at radius 1 is 1.60 bits per heavy atom. The molecule has 0 saturated heterocycles. The fourth-order valence-corrected chi connectivity index (χ4v) is 1.45. The molecule has 0 saturated carbocycles. The van der Waals surface area contributed by atoms with Crippen LogP contribution in [0.3, 0.4) is 0 Å². The standard InChI is InChI=1S/C6H15OPS2/c1-4-8(9,10)7-5-6(2)3/h6H,4-5H2,1-3H3,(H,9,10). The predicted octanol–water partition coefficient (Wildman–Crippen LogP) is 2.92. The third-order valence-electron chi connectivity index (χ3n) is 1.01. The molecular formula is C6H15OPS2. The minimum atomic E-state index is -1.70. The van der Waals surface area contributed by atoms with Crippen LogP contribution in [0.2, 0.25) is 0 Å². The van der Waals surface area contributed by atoms with Crippen molar-refractivity contribution >= 4 is 29.5 Å². The van der Waals surface area contributed by atoms with E-state index in [9.17, 15) is 0 Å². The van der Waals surface area contributed by atoms with Gasteiger partial charge in [0.25, 0.3) is 0 Å². The lowest BCUT2D eigenvalue weighted by molar-refractivity contribution is 0.303. The molecule has 0 aromatic heterocycles. The molecule has 1 nitrogen and oxygen atoms in total. The van der Waals surface area contributed by atoms with Crippen molar-refractivity contribution in [3.8, 4) is 0 Å². The predicted molar refractivity (Wildman–Crippen MR) is 54.6 cm³/mol. The highest BCUT2D eigenvalue weighted by atomic mass is 32.9. The van der Waals surface area contributed by atoms with Gasteiger partial charge in [0, 0.05) is 6.16 Å². The maximum atomic E-state index is 5.43. The van der Waals surface area contributed by atoms with E-state index in [1.807, 2.05) is 6.92 Å². The Hall–Kier alpha value is 0.960. The zero-order valence-electron chi connectivity index (χ0n) is 6.70. The van der Waals surface area contributed by atoms with Crippen LogP contribution in [0.15, 0.2) is 0 Å². The number of thiol groups is 1. The van der Waals surface area contributed by atoms with Crippen molar-refractivity contribution in [2.75, 3.05) is 12.8 Å². The van der Waals surface area contributed by atoms with Crippen molar-refractivity contribution in [2.45, 2.75) is 20.8 Å². The second kappa shape index (κ2) is 4.76. The van der Waals surface area contributed by atoms with E-state index in [1.54, 1.807) is 0 Å². The molecule has 4 heteroatoms. The lowest BCUT2D eigenvalue weighted by Crippen LogP contribution is -1.98. The first-order chi connectivity index (χ1) is 4.48. The molecule has 0 aliphatic rings. The Balaban J connectivity index is 3.58. The van der Waals surface area contributed by atoms with Crippen molar-refractivity contribution in [3.05, 3.63) is 0 Å². The summed E-state index contributed by atoms with van der Waals surface area (Å²) in [7, 11) is 0. The van der Waals surface area contributed by atoms with Gasteiger partial charge >= 0.3 is 0 Å². The Morgan fingerprint density at radius 2 is 2.10 bits per heavy atom. The van der Waals surface area contributed by atoms with Gasteiger partial charge < -0.3 is 4.52 Å². The largest absolute Gasteiger partial charge is 0.341 e. The first kappa shape index (κ1) is 11.0. The van der Waals surface area contributed by atoms with Crippen LogP contribution in [0.4, 0.5) is 0 Å². The summed E-state index contributed by atoms with van der Waals surface area (Å²) in [5.74, 6) is 0.557. The highest BCUT2D eigenvalue weighted by Crippen LogP contribution is 2.51. The summed E-state index contributed by atoms with van der Waals surface area (Å²) >= 11 is 9.38. The normalized spacial score (nSPS) is 17.3. The molecule has 0 heterocycles. The smallest absolute Gasteiger partial charge is 0.116 e. The number of rotatable bonds is 4. The van der Waals surface area contributed by atoms with Crippen LogP contribution in [0.5, 0.6) is 0 Å². The molecular weight excluding hydrogens is 183 g/mol. The van der Waals surface area contributed by atoms with E-state index in [2.05, 4.69) is 26.1 Å². The summed E-state index contributed by atoms with van der Waals surface area (Å²) in [4.78, 5) is 0. The molecule has 1 unspecified atom stereocenters. The molecule has 0 amide bonds. The molecule has 0 spiro atoms. The van der Waals surface area contributed by atoms with Gasteiger partial charge in [0.2, 0.25) is 0 Å². The maximum Gasteiger partial charge on any atom is 0.116 e. The molecule has 0 aromatic carbocycles. The number of hydrogen-bond acceptors (Lipinski definition) is 2. The van der Waals surface area contributed by atoms with Crippen LogP contribution < -0.4 is 0 Å². The van der Waals surface area contributed by atoms with E-state index < -0.39 is 5.47 Å². The highest BCUT2D eigenvalue weighted by Gasteiger charge is 2.08. The average molecular weight is 198 g/mol. The van der Waals surface area contributed by atoms with Crippen LogP contribution in [0, 0.1) is 5.92 Å². The van der Waals surface area contributed by atoms with Crippen LogP contribution >= 0.6 is 17.7 Å². The maximum absolute atomic E-state index is 5.43. The van der Waals surface area contributed by atoms with E-state index in [0.29, 0.717) is 5.92 Å². The first-order valence-corrected chi connectivity index (χ1v) is 7.50. The summed E-state index contributed by atoms with van der Waals surface area (Å²) in [5, 5.41) is 0. The van der Waals surface area contributed by atoms with Crippen molar-refractivity contribution in [1.29, 1.82) is 0 Å². The average Bonchev–Trinajstić information content (AvgIpc) is 1.85. The summed E-state index contributed by atoms with van der Waals surface area (Å²) < 4.78 is 5.43. The minimum absolute atomic E-state index is 0.557. The Labute approximate surface area is 73.8 Å². The van der Waals surface area contributed by atoms with Gasteiger partial charge in [0.1, 0.15) is 5.47 Å². The Kier molecular flexibility index (Phi) is 5.22. The molecule has 0 rings (SSSR count). The third-order valence-corrected chi connectivity index (χ3v) is 4.65. The molecule has 0 bridgehead atoms. The van der Waals surface area contributed by atoms with E-state index in [1.165, 1.54) is 0 Å². The van der Waals surface area contributed by atoms with E-state index in [-0.39, 0.29) is 0 Å². The van der Waals surface area contributed by atoms with Crippen LogP contribution in [-0.4, -0.2) is 12.8 Å². The molecule has 62 valence electrons. The summed E-state index contributed by atoms with van der Waals surface area (Å²) in [6.45, 7) is 6.99. The van der Waals surface area contributed by atoms with Gasteiger partial charge in [-0.15, -0.1) is 12.2 Å². The zero-order valence-corrected chi connectivity index (χ0v) is 9.31. The van der Waals surface area contributed by atoms with Crippen LogP contribution in [0.25, 0.3) is 0 Å². The monoisotopic (exact) mass is 198 g/mol. The van der Waals surface area contributed by atoms with Gasteiger partial charge in [0.15, 0.2) is 0 Å². The van der Waals surface area contributed by atoms with Crippen molar-refractivity contribution in [2.24, 2.45) is 5.92 Å². The molecule has 1 atom stereocenters. The highest BCUT2D eigenvalue weighted by molar-refractivity contribution is 8.61. The quantitative estimate of drug-likeness (QED) is 0.549. The molecule has 0 fully saturated rings. The van der Waals surface area contributed by atoms with Gasteiger partial charge in [-0.25, -0.2) is 0 Å². The molecule has 0 aliphatic carbocycles. The van der Waals surface area contributed by atoms with Gasteiger partial charge in [-0.1, -0.05) is 32.6 Å². The van der Waals surface area contributed by atoms with Crippen molar-refractivity contribution < 1.29 is 4.52 Å². The molecule has 0 aromatic rings. The van der Waals surface area contributed by atoms with Gasteiger partial charge in [-0.3, -0.25) is 0 Å². The third kappa shape index (κ3) is 5.72. The Morgan fingerprint density at radius 3 is 2.40 bits per heavy atom. The summed E-state index contributed by atoms with van der Waals surface area (Å²) in [5.41, 5.74) is -1.70. The second-order valence-electron chi connectivity index (χ2n) is 2.64. The SMILES string of the molecule is CCP(=S)(S)OCC(C)C. The second-order valence-corrected chi connectivity index (χ2v) is 9.33. The minimum Gasteiger partial charge on any atom is -0.341 e. The molecule has 0 N–H and O–H groups in total. The fourth-order valence-electron chi connectivity index (χ4n) is 0.357. The van der Waals surface area contributed by atoms with Crippen LogP contribution in [-0.2, 0) is 16.3 Å². The van der Waals surface area contributed by atoms with Gasteiger partial charge in [0.05, 0.1) is 6.61 Å². The molecule has 10 heavy (non-hydrogen) atoms. The van der Waals surface area contributed by atoms with Gasteiger partial charge in [-0.05, 0) is 5.92 Å². The number of hydrogen-bond donors (Lipinski definition) is 1. The topological polar surface area (TPSA) is 9.23 Å². The lowest BCUT2D eigenvalue weighted by atomic mass is 10.2. The first-order valence-electron chi connectivity index (χ1n) is 3.44. The van der Waals surface area contributed by atoms with Crippen LogP contribution in [0.1, 0.15) is 20.8 Å². The molecule has 0 radical (unpaired) electrons. The zero-order chi connectivity index (χ0) is 8.20. The van der Waals surface area contributed by atoms with Crippen molar-refractivity contribution in [3.63, 3.8) is 0 Å². The van der Waals surface area contributed by atoms with E-state index in [4.69, 9.17) is 16.3 Å². The summed E-state index contributed by atoms with van der Waals surface area (Å²) in [6.07, 6.45) is 0.873. The van der Waals surface area contributed by atoms with Crippen molar-refractivity contribution in [1.82, 2.24) is 0 Å². The Bertz CT molecular complexity index is 136. The van der Waals surface area contributed by atoms with Gasteiger partial charge in [-0.2, -0.15) is 0 Å². The molecule has 0 aliphatic heterocycles.